The van der Waals surface area contributed by atoms with Gasteiger partial charge in [0.05, 0.1) is 11.7 Å². The van der Waals surface area contributed by atoms with Crippen molar-refractivity contribution in [3.8, 4) is 0 Å². The summed E-state index contributed by atoms with van der Waals surface area (Å²) in [6.07, 6.45) is 1.58. The molecule has 1 aromatic rings. The molecule has 3 nitrogen and oxygen atoms in total. The maximum Gasteiger partial charge on any atom is 0.265 e. The number of hydrogen-bond donors (Lipinski definition) is 0. The normalized spacial score (nSPS) is 8.55. The van der Waals surface area contributed by atoms with Crippen LogP contribution < -0.4 is 0 Å². The second-order valence-electron chi connectivity index (χ2n) is 2.07. The molecule has 1 amide bonds. The summed E-state index contributed by atoms with van der Waals surface area (Å²) in [6.45, 7) is 0. The van der Waals surface area contributed by atoms with Gasteiger partial charge in [-0.05, 0) is 0 Å². The van der Waals surface area contributed by atoms with Gasteiger partial charge in [0.25, 0.3) is 5.91 Å². The van der Waals surface area contributed by atoms with Crippen LogP contribution in [0.1, 0.15) is 9.67 Å². The van der Waals surface area contributed by atoms with Gasteiger partial charge in [0, 0.05) is 14.1 Å². The number of hydrogen-bond acceptors (Lipinski definition) is 3. The van der Waals surface area contributed by atoms with E-state index >= 15 is 0 Å². The molecule has 1 aromatic heterocycles. The maximum atomic E-state index is 11.1. The monoisotopic (exact) mass is 192 g/mol. The Morgan fingerprint density at radius 2 is 2.27 bits per heavy atom. The van der Waals surface area contributed by atoms with Crippen molar-refractivity contribution in [2.45, 2.75) is 0 Å². The van der Waals surface area contributed by atoms with E-state index in [4.69, 9.17) is 0 Å². The van der Waals surface area contributed by atoms with E-state index in [-0.39, 0.29) is 18.3 Å². The summed E-state index contributed by atoms with van der Waals surface area (Å²) in [7, 11) is 3.45. The van der Waals surface area contributed by atoms with Gasteiger partial charge in [0.2, 0.25) is 0 Å². The largest absolute Gasteiger partial charge is 0.344 e. The molecule has 0 atom stereocenters. The molecule has 11 heavy (non-hydrogen) atoms. The van der Waals surface area contributed by atoms with Crippen molar-refractivity contribution in [3.63, 3.8) is 0 Å². The number of rotatable bonds is 1. The lowest BCUT2D eigenvalue weighted by atomic mass is 10.5. The van der Waals surface area contributed by atoms with E-state index in [0.29, 0.717) is 4.88 Å². The number of carbonyl (C=O) groups excluding carboxylic acids is 1. The number of aromatic nitrogens is 1. The van der Waals surface area contributed by atoms with E-state index in [2.05, 4.69) is 4.98 Å². The van der Waals surface area contributed by atoms with Crippen molar-refractivity contribution < 1.29 is 4.79 Å². The minimum Gasteiger partial charge on any atom is -0.344 e. The summed E-state index contributed by atoms with van der Waals surface area (Å²) < 4.78 is 0. The number of halogens is 1. The third-order valence-corrected chi connectivity index (χ3v) is 1.81. The van der Waals surface area contributed by atoms with Crippen LogP contribution in [0.15, 0.2) is 11.7 Å². The van der Waals surface area contributed by atoms with Gasteiger partial charge < -0.3 is 4.90 Å². The molecular weight excluding hydrogens is 184 g/mol. The van der Waals surface area contributed by atoms with Gasteiger partial charge in [0.1, 0.15) is 4.88 Å². The van der Waals surface area contributed by atoms with Gasteiger partial charge in [-0.3, -0.25) is 9.78 Å². The van der Waals surface area contributed by atoms with Crippen molar-refractivity contribution in [2.24, 2.45) is 0 Å². The molecule has 0 saturated carbocycles. The Hall–Kier alpha value is -0.610. The highest BCUT2D eigenvalue weighted by molar-refractivity contribution is 7.11. The summed E-state index contributed by atoms with van der Waals surface area (Å²) in [5.41, 5.74) is 1.65. The van der Waals surface area contributed by atoms with Crippen LogP contribution in [0.4, 0.5) is 0 Å². The summed E-state index contributed by atoms with van der Waals surface area (Å²) in [6, 6.07) is 0. The summed E-state index contributed by atoms with van der Waals surface area (Å²) in [5, 5.41) is 0. The van der Waals surface area contributed by atoms with Gasteiger partial charge in [-0.15, -0.1) is 23.7 Å². The molecule has 1 rings (SSSR count). The molecule has 0 aliphatic rings. The lowest BCUT2D eigenvalue weighted by Gasteiger charge is -2.06. The molecule has 0 saturated heterocycles. The number of thiazole rings is 1. The van der Waals surface area contributed by atoms with Crippen LogP contribution in [0.2, 0.25) is 0 Å². The van der Waals surface area contributed by atoms with Gasteiger partial charge in [-0.2, -0.15) is 0 Å². The zero-order valence-electron chi connectivity index (χ0n) is 6.27. The van der Waals surface area contributed by atoms with Gasteiger partial charge >= 0.3 is 0 Å². The smallest absolute Gasteiger partial charge is 0.265 e. The van der Waals surface area contributed by atoms with Crippen molar-refractivity contribution in [1.29, 1.82) is 0 Å². The quantitative estimate of drug-likeness (QED) is 0.672. The SMILES string of the molecule is CN(C)C(=O)c1cncs1.Cl. The van der Waals surface area contributed by atoms with Crippen LogP contribution in [0.5, 0.6) is 0 Å². The van der Waals surface area contributed by atoms with Crippen LogP contribution in [0, 0.1) is 0 Å². The maximum absolute atomic E-state index is 11.1. The molecule has 0 aliphatic heterocycles. The van der Waals surface area contributed by atoms with Gasteiger partial charge in [-0.25, -0.2) is 0 Å². The Balaban J connectivity index is 0.000001000. The van der Waals surface area contributed by atoms with Crippen LogP contribution in [0.3, 0.4) is 0 Å². The number of nitrogens with zero attached hydrogens (tertiary/aromatic N) is 2. The highest BCUT2D eigenvalue weighted by atomic mass is 35.5. The Morgan fingerprint density at radius 1 is 1.64 bits per heavy atom. The molecule has 5 heteroatoms. The van der Waals surface area contributed by atoms with Crippen LogP contribution in [-0.2, 0) is 0 Å². The zero-order chi connectivity index (χ0) is 7.56. The first-order chi connectivity index (χ1) is 4.72. The molecule has 0 bridgehead atoms. The van der Waals surface area contributed by atoms with Crippen molar-refractivity contribution in [1.82, 2.24) is 9.88 Å². The lowest BCUT2D eigenvalue weighted by molar-refractivity contribution is 0.0832. The van der Waals surface area contributed by atoms with Crippen LogP contribution in [-0.4, -0.2) is 29.9 Å². The highest BCUT2D eigenvalue weighted by Crippen LogP contribution is 2.06. The molecule has 1 heterocycles. The summed E-state index contributed by atoms with van der Waals surface area (Å²) in [5.74, 6) is 0.0162. The molecule has 0 fully saturated rings. The van der Waals surface area contributed by atoms with E-state index < -0.39 is 0 Å². The first kappa shape index (κ1) is 10.4. The Morgan fingerprint density at radius 3 is 2.64 bits per heavy atom. The van der Waals surface area contributed by atoms with E-state index in [1.807, 2.05) is 0 Å². The summed E-state index contributed by atoms with van der Waals surface area (Å²) >= 11 is 1.36. The topological polar surface area (TPSA) is 33.2 Å². The average molecular weight is 193 g/mol. The molecule has 0 radical (unpaired) electrons. The van der Waals surface area contributed by atoms with E-state index in [1.165, 1.54) is 16.2 Å². The first-order valence-corrected chi connectivity index (χ1v) is 3.70. The molecule has 0 unspecified atom stereocenters. The van der Waals surface area contributed by atoms with Crippen molar-refractivity contribution in [2.75, 3.05) is 14.1 Å². The standard InChI is InChI=1S/C6H8N2OS.ClH/c1-8(2)6(9)5-3-7-4-10-5;/h3-4H,1-2H3;1H. The molecular formula is C6H9ClN2OS. The Kier molecular flexibility index (Phi) is 4.07. The Bertz CT molecular complexity index is 222. The Labute approximate surface area is 75.5 Å². The predicted molar refractivity (Wildman–Crippen MR) is 47.4 cm³/mol. The number of amides is 1. The van der Waals surface area contributed by atoms with E-state index in [0.717, 1.165) is 0 Å². The molecule has 0 spiro atoms. The fourth-order valence-corrected chi connectivity index (χ4v) is 1.18. The number of carbonyl (C=O) groups is 1. The van der Waals surface area contributed by atoms with Crippen LogP contribution in [0.25, 0.3) is 0 Å². The fourth-order valence-electron chi connectivity index (χ4n) is 0.542. The molecule has 0 aromatic carbocycles. The predicted octanol–water partition coefficient (Wildman–Crippen LogP) is 1.27. The average Bonchev–Trinajstić information content (AvgIpc) is 2.36. The van der Waals surface area contributed by atoms with E-state index in [1.54, 1.807) is 25.8 Å². The minimum absolute atomic E-state index is 0. The van der Waals surface area contributed by atoms with Gasteiger partial charge in [-0.1, -0.05) is 0 Å². The van der Waals surface area contributed by atoms with Crippen LogP contribution >= 0.6 is 23.7 Å². The second kappa shape index (κ2) is 4.31. The highest BCUT2D eigenvalue weighted by Gasteiger charge is 2.07. The van der Waals surface area contributed by atoms with E-state index in [9.17, 15) is 4.79 Å². The minimum atomic E-state index is 0. The molecule has 0 N–H and O–H groups in total. The first-order valence-electron chi connectivity index (χ1n) is 2.82. The zero-order valence-corrected chi connectivity index (χ0v) is 7.91. The lowest BCUT2D eigenvalue weighted by Crippen LogP contribution is -2.20. The van der Waals surface area contributed by atoms with Crippen molar-refractivity contribution in [3.05, 3.63) is 16.6 Å². The molecule has 62 valence electrons. The summed E-state index contributed by atoms with van der Waals surface area (Å²) in [4.78, 5) is 17.1. The van der Waals surface area contributed by atoms with Crippen molar-refractivity contribution >= 4 is 29.7 Å². The third-order valence-electron chi connectivity index (χ3n) is 1.05. The molecule has 0 aliphatic carbocycles. The second-order valence-corrected chi connectivity index (χ2v) is 2.95. The van der Waals surface area contributed by atoms with Gasteiger partial charge in [0.15, 0.2) is 0 Å². The third kappa shape index (κ3) is 2.48. The fraction of sp³-hybridized carbons (Fsp3) is 0.333.